The Morgan fingerprint density at radius 1 is 1.50 bits per heavy atom. The highest BCUT2D eigenvalue weighted by Gasteiger charge is 2.15. The van der Waals surface area contributed by atoms with Crippen LogP contribution in [0, 0.1) is 0 Å². The lowest BCUT2D eigenvalue weighted by Gasteiger charge is -2.11. The van der Waals surface area contributed by atoms with Gasteiger partial charge in [0.2, 0.25) is 0 Å². The molecule has 0 fully saturated rings. The van der Waals surface area contributed by atoms with E-state index in [0.717, 1.165) is 0 Å². The fourth-order valence-corrected chi connectivity index (χ4v) is 0.866. The molecule has 0 saturated carbocycles. The van der Waals surface area contributed by atoms with E-state index in [9.17, 15) is 0 Å². The fourth-order valence-electron chi connectivity index (χ4n) is 0.547. The van der Waals surface area contributed by atoms with Gasteiger partial charge < -0.3 is 8.94 Å². The molecule has 1 aromatic heterocycles. The maximum absolute atomic E-state index is 5.20. The summed E-state index contributed by atoms with van der Waals surface area (Å²) in [6.07, 6.45) is 4.23. The number of furan rings is 1. The predicted molar refractivity (Wildman–Crippen MR) is 49.7 cm³/mol. The maximum atomic E-state index is 5.20. The predicted octanol–water partition coefficient (Wildman–Crippen LogP) is 2.34. The largest absolute Gasteiger partial charge is 0.463 e. The Morgan fingerprint density at radius 2 is 2.25 bits per heavy atom. The summed E-state index contributed by atoms with van der Waals surface area (Å²) in [4.78, 5) is 0. The van der Waals surface area contributed by atoms with E-state index >= 15 is 0 Å². The van der Waals surface area contributed by atoms with E-state index in [4.69, 9.17) is 8.94 Å². The number of rotatable bonds is 3. The first-order chi connectivity index (χ1) is 5.58. The molecule has 0 saturated heterocycles. The topological polar surface area (TPSA) is 34.7 Å². The smallest absolute Gasteiger partial charge is 0.278 e. The van der Waals surface area contributed by atoms with Crippen molar-refractivity contribution in [3.05, 3.63) is 24.2 Å². The van der Waals surface area contributed by atoms with Crippen LogP contribution in [-0.2, 0) is 4.53 Å². The minimum Gasteiger partial charge on any atom is -0.463 e. The van der Waals surface area contributed by atoms with Gasteiger partial charge in [-0.3, -0.25) is 0 Å². The van der Waals surface area contributed by atoms with Gasteiger partial charge >= 0.3 is 0 Å². The first-order valence-corrected chi connectivity index (χ1v) is 7.16. The van der Waals surface area contributed by atoms with Gasteiger partial charge in [-0.05, 0) is 31.8 Å². The van der Waals surface area contributed by atoms with Crippen molar-refractivity contribution >= 4 is 14.5 Å². The number of hydrogen-bond donors (Lipinski definition) is 0. The first kappa shape index (κ1) is 9.06. The van der Waals surface area contributed by atoms with Gasteiger partial charge in [-0.2, -0.15) is 0 Å². The summed E-state index contributed by atoms with van der Waals surface area (Å²) in [6.45, 7) is 6.17. The van der Waals surface area contributed by atoms with Crippen molar-refractivity contribution in [1.29, 1.82) is 0 Å². The van der Waals surface area contributed by atoms with Crippen molar-refractivity contribution < 1.29 is 8.94 Å². The molecule has 0 aliphatic rings. The zero-order valence-corrected chi connectivity index (χ0v) is 8.50. The van der Waals surface area contributed by atoms with Crippen LogP contribution < -0.4 is 0 Å². The lowest BCUT2D eigenvalue weighted by Crippen LogP contribution is -2.22. The molecule has 1 rings (SSSR count). The van der Waals surface area contributed by atoms with E-state index in [1.807, 2.05) is 0 Å². The van der Waals surface area contributed by atoms with Crippen LogP contribution in [0.4, 0.5) is 0 Å². The molecule has 1 radical (unpaired) electrons. The quantitative estimate of drug-likeness (QED) is 0.408. The Morgan fingerprint density at radius 3 is 2.75 bits per heavy atom. The van der Waals surface area contributed by atoms with Crippen LogP contribution in [0.5, 0.6) is 0 Å². The van der Waals surface area contributed by atoms with Gasteiger partial charge in [0, 0.05) is 0 Å². The van der Waals surface area contributed by atoms with Crippen LogP contribution in [-0.4, -0.2) is 14.5 Å². The molecule has 1 aromatic rings. The van der Waals surface area contributed by atoms with Gasteiger partial charge in [-0.25, -0.2) is 0 Å². The average molecular weight is 182 g/mol. The Hall–Kier alpha value is -1.03. The van der Waals surface area contributed by atoms with Crippen LogP contribution in [0.1, 0.15) is 5.76 Å². The van der Waals surface area contributed by atoms with E-state index in [0.29, 0.717) is 5.76 Å². The van der Waals surface area contributed by atoms with Crippen molar-refractivity contribution in [3.63, 3.8) is 0 Å². The Kier molecular flexibility index (Phi) is 2.70. The van der Waals surface area contributed by atoms with Gasteiger partial charge in [0.15, 0.2) is 12.0 Å². The van der Waals surface area contributed by atoms with Gasteiger partial charge in [-0.1, -0.05) is 5.16 Å². The standard InChI is InChI=1S/C8H12NO2Si/c1-12(2,3)11-9-7-8-5-4-6-10-8/h4-6H,1-3H3. The van der Waals surface area contributed by atoms with Gasteiger partial charge in [0.1, 0.15) is 0 Å². The van der Waals surface area contributed by atoms with Gasteiger partial charge in [0.05, 0.1) is 6.26 Å². The summed E-state index contributed by atoms with van der Waals surface area (Å²) in [5.74, 6) is 0.591. The molecule has 65 valence electrons. The lowest BCUT2D eigenvalue weighted by atomic mass is 10.5. The van der Waals surface area contributed by atoms with E-state index < -0.39 is 8.32 Å². The summed E-state index contributed by atoms with van der Waals surface area (Å²) < 4.78 is 10.2. The van der Waals surface area contributed by atoms with Crippen LogP contribution in [0.25, 0.3) is 0 Å². The van der Waals surface area contributed by atoms with E-state index in [1.54, 1.807) is 18.4 Å². The van der Waals surface area contributed by atoms with Gasteiger partial charge in [-0.15, -0.1) is 0 Å². The zero-order valence-electron chi connectivity index (χ0n) is 7.50. The molecule has 0 N–H and O–H groups in total. The second kappa shape index (κ2) is 3.58. The average Bonchev–Trinajstić information content (AvgIpc) is 2.36. The Balaban J connectivity index is 2.42. The van der Waals surface area contributed by atoms with Crippen LogP contribution in [0.3, 0.4) is 0 Å². The molecule has 0 aliphatic carbocycles. The van der Waals surface area contributed by atoms with Crippen LogP contribution in [0.2, 0.25) is 19.6 Å². The summed E-state index contributed by atoms with van der Waals surface area (Å²) in [5, 5.41) is 3.70. The molecule has 0 aliphatic heterocycles. The van der Waals surface area contributed by atoms with Crippen LogP contribution >= 0.6 is 0 Å². The van der Waals surface area contributed by atoms with Crippen molar-refractivity contribution in [2.75, 3.05) is 0 Å². The van der Waals surface area contributed by atoms with Gasteiger partial charge in [0.25, 0.3) is 8.32 Å². The molecule has 3 nitrogen and oxygen atoms in total. The van der Waals surface area contributed by atoms with Crippen molar-refractivity contribution in [2.45, 2.75) is 19.6 Å². The normalized spacial score (nSPS) is 12.2. The first-order valence-electron chi connectivity index (χ1n) is 3.76. The monoisotopic (exact) mass is 182 g/mol. The minimum absolute atomic E-state index is 0.591. The second-order valence-corrected chi connectivity index (χ2v) is 7.79. The SMILES string of the molecule is C[Si](C)(C)O/N=[C]/c1ccco1. The van der Waals surface area contributed by atoms with Crippen molar-refractivity contribution in [1.82, 2.24) is 0 Å². The highest BCUT2D eigenvalue weighted by atomic mass is 28.4. The molecule has 1 heterocycles. The van der Waals surface area contributed by atoms with Crippen molar-refractivity contribution in [3.8, 4) is 0 Å². The maximum Gasteiger partial charge on any atom is 0.278 e. The Bertz CT molecular complexity index is 249. The molecular formula is C8H12NO2Si. The van der Waals surface area contributed by atoms with E-state index in [-0.39, 0.29) is 0 Å². The molecule has 0 atom stereocenters. The minimum atomic E-state index is -1.56. The lowest BCUT2D eigenvalue weighted by molar-refractivity contribution is 0.337. The van der Waals surface area contributed by atoms with E-state index in [2.05, 4.69) is 31.0 Å². The van der Waals surface area contributed by atoms with Crippen molar-refractivity contribution in [2.24, 2.45) is 5.16 Å². The molecule has 0 amide bonds. The Labute approximate surface area is 73.2 Å². The molecule has 4 heteroatoms. The number of hydrogen-bond acceptors (Lipinski definition) is 3. The fraction of sp³-hybridized carbons (Fsp3) is 0.375. The third-order valence-corrected chi connectivity index (χ3v) is 1.64. The molecular weight excluding hydrogens is 170 g/mol. The third-order valence-electron chi connectivity index (χ3n) is 0.997. The zero-order chi connectivity index (χ0) is 9.03. The third kappa shape index (κ3) is 3.38. The molecule has 0 aromatic carbocycles. The summed E-state index contributed by atoms with van der Waals surface area (Å²) in [7, 11) is -1.56. The second-order valence-electron chi connectivity index (χ2n) is 3.38. The molecule has 0 spiro atoms. The van der Waals surface area contributed by atoms with Crippen LogP contribution in [0.15, 0.2) is 28.0 Å². The van der Waals surface area contributed by atoms with E-state index in [1.165, 1.54) is 0 Å². The summed E-state index contributed by atoms with van der Waals surface area (Å²) in [5.41, 5.74) is 0. The highest BCUT2D eigenvalue weighted by Crippen LogP contribution is 2.03. The summed E-state index contributed by atoms with van der Waals surface area (Å²) in [6, 6.07) is 3.56. The molecule has 12 heavy (non-hydrogen) atoms. The number of nitrogens with zero attached hydrogens (tertiary/aromatic N) is 1. The highest BCUT2D eigenvalue weighted by molar-refractivity contribution is 6.69. The molecule has 0 bridgehead atoms. The molecule has 0 unspecified atom stereocenters. The summed E-state index contributed by atoms with van der Waals surface area (Å²) >= 11 is 0.